The highest BCUT2D eigenvalue weighted by Gasteiger charge is 2.57. The van der Waals surface area contributed by atoms with Crippen molar-refractivity contribution in [3.63, 3.8) is 0 Å². The summed E-state index contributed by atoms with van der Waals surface area (Å²) in [5.74, 6) is -0.229. The van der Waals surface area contributed by atoms with Gasteiger partial charge in [-0.2, -0.15) is 0 Å². The number of likely N-dealkylation sites (tertiary alicyclic amines) is 1. The first-order valence-corrected chi connectivity index (χ1v) is 16.3. The zero-order chi connectivity index (χ0) is 31.5. The first-order chi connectivity index (χ1) is 21.1. The molecule has 2 aliphatic heterocycles. The summed E-state index contributed by atoms with van der Waals surface area (Å²) in [6, 6.07) is 13.9. The molecule has 5 rings (SSSR count). The van der Waals surface area contributed by atoms with Gasteiger partial charge in [-0.1, -0.05) is 41.4 Å². The van der Waals surface area contributed by atoms with Crippen molar-refractivity contribution in [3.05, 3.63) is 80.1 Å². The number of nitrogens with zero attached hydrogens (tertiary/aromatic N) is 3. The number of para-hydroxylation sites is 1. The van der Waals surface area contributed by atoms with E-state index in [1.807, 2.05) is 26.2 Å². The quantitative estimate of drug-likeness (QED) is 0.310. The van der Waals surface area contributed by atoms with E-state index in [4.69, 9.17) is 27.6 Å². The zero-order valence-corrected chi connectivity index (χ0v) is 27.4. The maximum Gasteiger partial charge on any atom is 0.289 e. The van der Waals surface area contributed by atoms with Crippen LogP contribution in [0.1, 0.15) is 60.6 Å². The second-order valence-corrected chi connectivity index (χ2v) is 13.5. The molecule has 0 bridgehead atoms. The van der Waals surface area contributed by atoms with Crippen LogP contribution in [-0.2, 0) is 4.79 Å². The van der Waals surface area contributed by atoms with Gasteiger partial charge < -0.3 is 24.0 Å². The van der Waals surface area contributed by atoms with Gasteiger partial charge >= 0.3 is 0 Å². The van der Waals surface area contributed by atoms with E-state index in [2.05, 4.69) is 5.32 Å². The van der Waals surface area contributed by atoms with Gasteiger partial charge in [-0.05, 0) is 49.1 Å². The first-order valence-electron chi connectivity index (χ1n) is 15.6. The van der Waals surface area contributed by atoms with E-state index in [1.54, 1.807) is 47.2 Å². The van der Waals surface area contributed by atoms with Gasteiger partial charge in [-0.25, -0.2) is 0 Å². The highest BCUT2D eigenvalue weighted by Crippen LogP contribution is 2.40. The van der Waals surface area contributed by atoms with Crippen LogP contribution in [-0.4, -0.2) is 92.0 Å². The van der Waals surface area contributed by atoms with Gasteiger partial charge in [0.15, 0.2) is 16.7 Å². The van der Waals surface area contributed by atoms with Crippen molar-refractivity contribution in [1.82, 2.24) is 15.1 Å². The molecule has 2 saturated heterocycles. The Labute approximate surface area is 269 Å². The van der Waals surface area contributed by atoms with Gasteiger partial charge in [0.25, 0.3) is 11.8 Å². The maximum atomic E-state index is 14.0. The number of fused-ring (bicyclic) bond motifs is 1. The Morgan fingerprint density at radius 1 is 0.977 bits per heavy atom. The number of quaternary nitrogens is 1. The summed E-state index contributed by atoms with van der Waals surface area (Å²) >= 11 is 12.8. The van der Waals surface area contributed by atoms with E-state index in [0.717, 1.165) is 74.9 Å². The first kappa shape index (κ1) is 32.5. The Morgan fingerprint density at radius 3 is 2.36 bits per heavy atom. The summed E-state index contributed by atoms with van der Waals surface area (Å²) in [7, 11) is 5.48. The molecule has 2 aliphatic rings. The minimum atomic E-state index is -0.479. The van der Waals surface area contributed by atoms with Crippen molar-refractivity contribution in [2.45, 2.75) is 50.0 Å². The van der Waals surface area contributed by atoms with Crippen LogP contribution in [0.25, 0.3) is 11.0 Å². The largest absolute Gasteiger partial charge is 0.451 e. The lowest BCUT2D eigenvalue weighted by Crippen LogP contribution is -2.74. The van der Waals surface area contributed by atoms with Crippen LogP contribution in [0.15, 0.2) is 57.7 Å². The molecule has 2 fully saturated rings. The van der Waals surface area contributed by atoms with Crippen molar-refractivity contribution in [3.8, 4) is 0 Å². The van der Waals surface area contributed by atoms with Gasteiger partial charge in [-0.3, -0.25) is 14.4 Å². The van der Waals surface area contributed by atoms with Crippen LogP contribution in [0.4, 0.5) is 0 Å². The average molecular weight is 643 g/mol. The molecular weight excluding hydrogens is 599 g/mol. The third kappa shape index (κ3) is 6.41. The van der Waals surface area contributed by atoms with Crippen molar-refractivity contribution in [2.24, 2.45) is 0 Å². The summed E-state index contributed by atoms with van der Waals surface area (Å²) in [6.45, 7) is 4.75. The highest BCUT2D eigenvalue weighted by molar-refractivity contribution is 6.42. The Bertz CT molecular complexity index is 1560. The number of carbonyl (C=O) groups is 2. The molecule has 1 atom stereocenters. The molecule has 1 unspecified atom stereocenters. The predicted octanol–water partition coefficient (Wildman–Crippen LogP) is 5.56. The van der Waals surface area contributed by atoms with Crippen LogP contribution in [0, 0.1) is 0 Å². The number of rotatable bonds is 9. The summed E-state index contributed by atoms with van der Waals surface area (Å²) in [6.07, 6.45) is 5.71. The monoisotopic (exact) mass is 641 g/mol. The van der Waals surface area contributed by atoms with Crippen LogP contribution in [0.3, 0.4) is 0 Å². The SMILES string of the molecule is CN(C)C(=O)C1([N+]2(CCC(CN(C)C(=O)c3cc(=O)c4ccccc4o3)c3ccc(Cl)c(Cl)c3)CCCCC2)CCNCC1. The van der Waals surface area contributed by atoms with E-state index in [-0.39, 0.29) is 28.9 Å². The van der Waals surface area contributed by atoms with Crippen molar-refractivity contribution in [1.29, 1.82) is 0 Å². The molecule has 1 aromatic heterocycles. The molecule has 0 spiro atoms. The minimum Gasteiger partial charge on any atom is -0.451 e. The molecule has 10 heteroatoms. The fourth-order valence-corrected chi connectivity index (χ4v) is 7.78. The molecule has 2 amide bonds. The third-order valence-electron chi connectivity index (χ3n) is 9.82. The number of nitrogens with one attached hydrogen (secondary N) is 1. The molecular formula is C34H43Cl2N4O4+. The highest BCUT2D eigenvalue weighted by atomic mass is 35.5. The Balaban J connectivity index is 1.46. The average Bonchev–Trinajstić information content (AvgIpc) is 3.04. The number of likely N-dealkylation sites (N-methyl/N-ethyl adjacent to an activating group) is 2. The van der Waals surface area contributed by atoms with Gasteiger partial charge in [-0.15, -0.1) is 0 Å². The number of halogens is 2. The minimum absolute atomic E-state index is 0.00820. The smallest absolute Gasteiger partial charge is 0.289 e. The van der Waals surface area contributed by atoms with E-state index in [1.165, 1.54) is 12.5 Å². The lowest BCUT2D eigenvalue weighted by molar-refractivity contribution is -0.972. The lowest BCUT2D eigenvalue weighted by atomic mass is 9.79. The van der Waals surface area contributed by atoms with Crippen LogP contribution in [0.2, 0.25) is 10.0 Å². The fourth-order valence-electron chi connectivity index (χ4n) is 7.47. The van der Waals surface area contributed by atoms with E-state index in [9.17, 15) is 14.4 Å². The number of piperidine rings is 2. The molecule has 2 aromatic carbocycles. The predicted molar refractivity (Wildman–Crippen MR) is 176 cm³/mol. The lowest BCUT2D eigenvalue weighted by Gasteiger charge is -2.56. The molecule has 1 N–H and O–H groups in total. The van der Waals surface area contributed by atoms with Gasteiger partial charge in [0.2, 0.25) is 0 Å². The summed E-state index contributed by atoms with van der Waals surface area (Å²) in [5, 5.41) is 4.85. The van der Waals surface area contributed by atoms with Gasteiger partial charge in [0.05, 0.1) is 35.1 Å². The van der Waals surface area contributed by atoms with Gasteiger partial charge in [0, 0.05) is 72.0 Å². The molecule has 8 nitrogen and oxygen atoms in total. The van der Waals surface area contributed by atoms with Crippen LogP contribution >= 0.6 is 23.2 Å². The Morgan fingerprint density at radius 2 is 1.68 bits per heavy atom. The molecule has 44 heavy (non-hydrogen) atoms. The third-order valence-corrected chi connectivity index (χ3v) is 10.6. The number of hydrogen-bond donors (Lipinski definition) is 1. The number of amides is 2. The zero-order valence-electron chi connectivity index (χ0n) is 25.9. The molecule has 0 saturated carbocycles. The van der Waals surface area contributed by atoms with Crippen molar-refractivity contribution >= 4 is 46.0 Å². The Kier molecular flexibility index (Phi) is 10.0. The maximum absolute atomic E-state index is 14.0. The standard InChI is InChI=1S/C34H43Cl2N4O4/c1-38(2)33(43)34(14-16-37-17-15-34)40(18-7-4-8-19-40)20-13-25(24-11-12-27(35)28(36)21-24)23-39(3)32(42)31-22-29(41)26-9-5-6-10-30(26)44-31/h5-6,9-12,21-22,25,37H,4,7-8,13-20,23H2,1-3H3/q+1. The van der Waals surface area contributed by atoms with Crippen LogP contribution < -0.4 is 10.7 Å². The molecule has 3 aromatic rings. The summed E-state index contributed by atoms with van der Waals surface area (Å²) in [5.41, 5.74) is 0.631. The Hall–Kier alpha value is -2.91. The number of carbonyl (C=O) groups excluding carboxylic acids is 2. The van der Waals surface area contributed by atoms with Crippen molar-refractivity contribution < 1.29 is 18.5 Å². The fraction of sp³-hybridized carbons (Fsp3) is 0.500. The molecule has 0 aliphatic carbocycles. The molecule has 236 valence electrons. The van der Waals surface area contributed by atoms with E-state index in [0.29, 0.717) is 27.6 Å². The normalized spacial score (nSPS) is 18.5. The van der Waals surface area contributed by atoms with Crippen molar-refractivity contribution in [2.75, 3.05) is 60.4 Å². The van der Waals surface area contributed by atoms with Crippen LogP contribution in [0.5, 0.6) is 0 Å². The second-order valence-electron chi connectivity index (χ2n) is 12.7. The number of benzene rings is 2. The topological polar surface area (TPSA) is 82.9 Å². The van der Waals surface area contributed by atoms with E-state index >= 15 is 0 Å². The summed E-state index contributed by atoms with van der Waals surface area (Å²) < 4.78 is 6.64. The molecule has 3 heterocycles. The number of hydrogen-bond acceptors (Lipinski definition) is 5. The molecule has 0 radical (unpaired) electrons. The van der Waals surface area contributed by atoms with Gasteiger partial charge in [0.1, 0.15) is 5.58 Å². The van der Waals surface area contributed by atoms with E-state index < -0.39 is 5.54 Å². The second kappa shape index (κ2) is 13.6. The summed E-state index contributed by atoms with van der Waals surface area (Å²) in [4.78, 5) is 43.8.